The van der Waals surface area contributed by atoms with E-state index in [9.17, 15) is 14.4 Å². The van der Waals surface area contributed by atoms with Gasteiger partial charge in [-0.2, -0.15) is 0 Å². The van der Waals surface area contributed by atoms with Crippen molar-refractivity contribution in [3.63, 3.8) is 0 Å². The number of carboxylic acid groups (broad SMARTS) is 1. The molecule has 0 spiro atoms. The standard InChI is InChI=1S/C9H6N2O4/c12-7-5-3-4(8(13)14)1-2-6(5)10-9(15)11-7/h1-3H,(H,13,14)(H2,10,11,12,15). The highest BCUT2D eigenvalue weighted by molar-refractivity contribution is 5.92. The number of H-pyrrole nitrogens is 2. The van der Waals surface area contributed by atoms with Crippen LogP contribution < -0.4 is 11.2 Å². The molecular formula is C9H6N2O4. The van der Waals surface area contributed by atoms with Gasteiger partial charge in [-0.25, -0.2) is 9.59 Å². The average Bonchev–Trinajstić information content (AvgIpc) is 2.16. The SMILES string of the molecule is O=C(O)c1ccc2[nH]c(=O)[nH]c(=O)c2c1. The maximum atomic E-state index is 11.3. The normalized spacial score (nSPS) is 10.4. The minimum absolute atomic E-state index is 0.0000454. The van der Waals surface area contributed by atoms with Gasteiger partial charge < -0.3 is 10.1 Å². The molecule has 6 nitrogen and oxygen atoms in total. The van der Waals surface area contributed by atoms with E-state index in [0.29, 0.717) is 5.52 Å². The lowest BCUT2D eigenvalue weighted by Crippen LogP contribution is -2.22. The number of fused-ring (bicyclic) bond motifs is 1. The summed E-state index contributed by atoms with van der Waals surface area (Å²) < 4.78 is 0. The van der Waals surface area contributed by atoms with Gasteiger partial charge in [0, 0.05) is 0 Å². The molecule has 1 aromatic carbocycles. The van der Waals surface area contributed by atoms with Crippen LogP contribution in [0.5, 0.6) is 0 Å². The number of rotatable bonds is 1. The molecule has 1 heterocycles. The van der Waals surface area contributed by atoms with Gasteiger partial charge in [-0.05, 0) is 18.2 Å². The Kier molecular flexibility index (Phi) is 1.89. The van der Waals surface area contributed by atoms with Gasteiger partial charge in [-0.1, -0.05) is 0 Å². The molecule has 76 valence electrons. The highest BCUT2D eigenvalue weighted by Crippen LogP contribution is 2.08. The van der Waals surface area contributed by atoms with Gasteiger partial charge in [0.15, 0.2) is 0 Å². The fraction of sp³-hybridized carbons (Fsp3) is 0. The van der Waals surface area contributed by atoms with Crippen LogP contribution in [-0.4, -0.2) is 21.0 Å². The van der Waals surface area contributed by atoms with E-state index in [2.05, 4.69) is 4.98 Å². The van der Waals surface area contributed by atoms with Crippen molar-refractivity contribution in [2.45, 2.75) is 0 Å². The Hall–Kier alpha value is -2.37. The average molecular weight is 206 g/mol. The fourth-order valence-electron chi connectivity index (χ4n) is 1.30. The number of hydrogen-bond donors (Lipinski definition) is 3. The number of carbonyl (C=O) groups is 1. The first kappa shape index (κ1) is 9.20. The third-order valence-electron chi connectivity index (χ3n) is 1.99. The fourth-order valence-corrected chi connectivity index (χ4v) is 1.30. The van der Waals surface area contributed by atoms with Crippen molar-refractivity contribution < 1.29 is 9.90 Å². The summed E-state index contributed by atoms with van der Waals surface area (Å²) in [6.07, 6.45) is 0. The van der Waals surface area contributed by atoms with Gasteiger partial charge >= 0.3 is 11.7 Å². The number of aromatic amines is 2. The second kappa shape index (κ2) is 3.09. The van der Waals surface area contributed by atoms with Crippen molar-refractivity contribution in [1.29, 1.82) is 0 Å². The Morgan fingerprint density at radius 2 is 1.93 bits per heavy atom. The molecule has 0 saturated carbocycles. The lowest BCUT2D eigenvalue weighted by Gasteiger charge is -1.97. The number of aromatic nitrogens is 2. The number of nitrogens with one attached hydrogen (secondary N) is 2. The predicted octanol–water partition coefficient (Wildman–Crippen LogP) is -0.0854. The Morgan fingerprint density at radius 1 is 1.20 bits per heavy atom. The zero-order valence-electron chi connectivity index (χ0n) is 7.40. The van der Waals surface area contributed by atoms with Crippen LogP contribution in [-0.2, 0) is 0 Å². The first-order valence-electron chi connectivity index (χ1n) is 4.07. The first-order chi connectivity index (χ1) is 7.08. The monoisotopic (exact) mass is 206 g/mol. The highest BCUT2D eigenvalue weighted by Gasteiger charge is 2.06. The van der Waals surface area contributed by atoms with Gasteiger partial charge in [0.05, 0.1) is 16.5 Å². The van der Waals surface area contributed by atoms with E-state index >= 15 is 0 Å². The summed E-state index contributed by atoms with van der Waals surface area (Å²) in [5.41, 5.74) is -0.902. The summed E-state index contributed by atoms with van der Waals surface area (Å²) in [5.74, 6) is -1.12. The molecule has 0 bridgehead atoms. The van der Waals surface area contributed by atoms with E-state index in [4.69, 9.17) is 5.11 Å². The van der Waals surface area contributed by atoms with Crippen LogP contribution in [0.3, 0.4) is 0 Å². The maximum absolute atomic E-state index is 11.3. The van der Waals surface area contributed by atoms with Crippen molar-refractivity contribution in [1.82, 2.24) is 9.97 Å². The minimum Gasteiger partial charge on any atom is -0.478 e. The molecule has 6 heteroatoms. The lowest BCUT2D eigenvalue weighted by molar-refractivity contribution is 0.0697. The Morgan fingerprint density at radius 3 is 2.60 bits per heavy atom. The van der Waals surface area contributed by atoms with Gasteiger partial charge in [0.25, 0.3) is 5.56 Å². The smallest absolute Gasteiger partial charge is 0.335 e. The van der Waals surface area contributed by atoms with Crippen molar-refractivity contribution in [2.24, 2.45) is 0 Å². The van der Waals surface area contributed by atoms with E-state index in [1.807, 2.05) is 4.98 Å². The second-order valence-electron chi connectivity index (χ2n) is 2.97. The second-order valence-corrected chi connectivity index (χ2v) is 2.97. The number of benzene rings is 1. The topological polar surface area (TPSA) is 103 Å². The quantitative estimate of drug-likeness (QED) is 0.606. The van der Waals surface area contributed by atoms with Crippen LogP contribution in [0.25, 0.3) is 10.9 Å². The summed E-state index contributed by atoms with van der Waals surface area (Å²) >= 11 is 0. The van der Waals surface area contributed by atoms with E-state index in [0.717, 1.165) is 0 Å². The molecule has 0 unspecified atom stereocenters. The summed E-state index contributed by atoms with van der Waals surface area (Å²) in [7, 11) is 0. The molecule has 0 atom stereocenters. The van der Waals surface area contributed by atoms with Crippen LogP contribution in [0.2, 0.25) is 0 Å². The van der Waals surface area contributed by atoms with Crippen LogP contribution in [0, 0.1) is 0 Å². The van der Waals surface area contributed by atoms with Gasteiger partial charge in [0.2, 0.25) is 0 Å². The number of hydrogen-bond acceptors (Lipinski definition) is 3. The molecule has 3 N–H and O–H groups in total. The molecule has 0 amide bonds. The van der Waals surface area contributed by atoms with E-state index in [-0.39, 0.29) is 10.9 Å². The third kappa shape index (κ3) is 1.52. The first-order valence-corrected chi connectivity index (χ1v) is 4.07. The molecule has 2 rings (SSSR count). The minimum atomic E-state index is -1.12. The van der Waals surface area contributed by atoms with Crippen molar-refractivity contribution in [2.75, 3.05) is 0 Å². The maximum Gasteiger partial charge on any atom is 0.335 e. The van der Waals surface area contributed by atoms with Crippen molar-refractivity contribution >= 4 is 16.9 Å². The third-order valence-corrected chi connectivity index (χ3v) is 1.99. The molecule has 0 radical (unpaired) electrons. The highest BCUT2D eigenvalue weighted by atomic mass is 16.4. The summed E-state index contributed by atoms with van der Waals surface area (Å²) in [6, 6.07) is 3.92. The summed E-state index contributed by atoms with van der Waals surface area (Å²) in [4.78, 5) is 37.3. The van der Waals surface area contributed by atoms with Crippen LogP contribution in [0.4, 0.5) is 0 Å². The molecule has 0 aliphatic rings. The molecule has 1 aromatic heterocycles. The van der Waals surface area contributed by atoms with Crippen molar-refractivity contribution in [3.05, 3.63) is 44.6 Å². The van der Waals surface area contributed by atoms with E-state index in [1.54, 1.807) is 0 Å². The van der Waals surface area contributed by atoms with E-state index in [1.165, 1.54) is 18.2 Å². The van der Waals surface area contributed by atoms with Gasteiger partial charge in [-0.15, -0.1) is 0 Å². The Bertz CT molecular complexity index is 653. The van der Waals surface area contributed by atoms with Gasteiger partial charge in [-0.3, -0.25) is 9.78 Å². The Labute approximate surface area is 82.2 Å². The summed E-state index contributed by atoms with van der Waals surface area (Å²) in [6.45, 7) is 0. The Balaban J connectivity index is 2.89. The molecule has 15 heavy (non-hydrogen) atoms. The van der Waals surface area contributed by atoms with Crippen molar-refractivity contribution in [3.8, 4) is 0 Å². The van der Waals surface area contributed by atoms with Crippen LogP contribution in [0.1, 0.15) is 10.4 Å². The van der Waals surface area contributed by atoms with Crippen LogP contribution in [0.15, 0.2) is 27.8 Å². The van der Waals surface area contributed by atoms with E-state index < -0.39 is 17.2 Å². The lowest BCUT2D eigenvalue weighted by atomic mass is 10.1. The zero-order valence-corrected chi connectivity index (χ0v) is 7.40. The molecule has 0 aliphatic heterocycles. The molecule has 0 aliphatic carbocycles. The molecule has 2 aromatic rings. The molecule has 0 fully saturated rings. The number of carboxylic acids is 1. The zero-order chi connectivity index (χ0) is 11.0. The van der Waals surface area contributed by atoms with Crippen LogP contribution >= 0.6 is 0 Å². The molecule has 0 saturated heterocycles. The van der Waals surface area contributed by atoms with Gasteiger partial charge in [0.1, 0.15) is 0 Å². The largest absolute Gasteiger partial charge is 0.478 e. The number of aromatic carboxylic acids is 1. The molecular weight excluding hydrogens is 200 g/mol. The summed E-state index contributed by atoms with van der Waals surface area (Å²) in [5, 5.41) is 8.85. The predicted molar refractivity (Wildman–Crippen MR) is 52.1 cm³/mol.